The van der Waals surface area contributed by atoms with E-state index in [1.165, 1.54) is 11.3 Å². The lowest BCUT2D eigenvalue weighted by Crippen LogP contribution is -2.67. The van der Waals surface area contributed by atoms with Crippen molar-refractivity contribution in [2.45, 2.75) is 45.2 Å². The summed E-state index contributed by atoms with van der Waals surface area (Å²) in [6.07, 6.45) is 0.951. The van der Waals surface area contributed by atoms with E-state index in [1.54, 1.807) is 9.80 Å². The summed E-state index contributed by atoms with van der Waals surface area (Å²) >= 11 is 1.53. The number of thiophene rings is 1. The van der Waals surface area contributed by atoms with Gasteiger partial charge in [-0.1, -0.05) is 48.0 Å². The van der Waals surface area contributed by atoms with Crippen molar-refractivity contribution >= 4 is 39.2 Å². The fraction of sp³-hybridized carbons (Fsp3) is 0.346. The van der Waals surface area contributed by atoms with Crippen molar-refractivity contribution < 1.29 is 19.5 Å². The van der Waals surface area contributed by atoms with E-state index in [0.29, 0.717) is 38.0 Å². The van der Waals surface area contributed by atoms with Gasteiger partial charge >= 0.3 is 5.97 Å². The molecular weight excluding hydrogens is 436 g/mol. The number of carboxylic acid groups (broad SMARTS) is 1. The number of rotatable bonds is 8. The molecule has 4 rings (SSSR count). The first-order valence-electron chi connectivity index (χ1n) is 11.1. The molecule has 2 amide bonds. The summed E-state index contributed by atoms with van der Waals surface area (Å²) in [7, 11) is 0. The van der Waals surface area contributed by atoms with E-state index in [-0.39, 0.29) is 18.2 Å². The number of hydrogen-bond donors (Lipinski definition) is 1. The molecule has 2 heterocycles. The molecule has 3 aromatic rings. The number of amides is 2. The second kappa shape index (κ2) is 9.35. The maximum atomic E-state index is 13.7. The van der Waals surface area contributed by atoms with Gasteiger partial charge in [-0.15, -0.1) is 11.3 Å². The lowest BCUT2D eigenvalue weighted by molar-refractivity contribution is -0.150. The molecule has 172 valence electrons. The zero-order chi connectivity index (χ0) is 23.6. The van der Waals surface area contributed by atoms with Gasteiger partial charge in [-0.2, -0.15) is 0 Å². The van der Waals surface area contributed by atoms with E-state index < -0.39 is 11.5 Å². The van der Waals surface area contributed by atoms with E-state index >= 15 is 0 Å². The average Bonchev–Trinajstić information content (AvgIpc) is 3.22. The highest BCUT2D eigenvalue weighted by atomic mass is 32.1. The first-order valence-corrected chi connectivity index (χ1v) is 12.0. The maximum Gasteiger partial charge on any atom is 0.303 e. The minimum absolute atomic E-state index is 0.00205. The zero-order valence-corrected chi connectivity index (χ0v) is 19.7. The van der Waals surface area contributed by atoms with Crippen molar-refractivity contribution in [3.63, 3.8) is 0 Å². The van der Waals surface area contributed by atoms with E-state index in [4.69, 9.17) is 5.11 Å². The summed E-state index contributed by atoms with van der Waals surface area (Å²) in [5.74, 6) is -1.14. The van der Waals surface area contributed by atoms with E-state index in [9.17, 15) is 14.4 Å². The molecule has 0 bridgehead atoms. The van der Waals surface area contributed by atoms with Crippen LogP contribution >= 0.6 is 11.3 Å². The van der Waals surface area contributed by atoms with Gasteiger partial charge in [0.25, 0.3) is 5.91 Å². The normalized spacial score (nSPS) is 17.6. The lowest BCUT2D eigenvalue weighted by atomic mass is 9.84. The van der Waals surface area contributed by atoms with Crippen LogP contribution in [0.3, 0.4) is 0 Å². The number of likely N-dealkylation sites (tertiary alicyclic amines) is 1. The predicted molar refractivity (Wildman–Crippen MR) is 129 cm³/mol. The molecule has 1 fully saturated rings. The number of carboxylic acids is 1. The van der Waals surface area contributed by atoms with Crippen LogP contribution in [0.1, 0.15) is 47.7 Å². The highest BCUT2D eigenvalue weighted by Crippen LogP contribution is 2.36. The SMILES string of the molecule is Cc1ccc(CN(CCCC(=O)O)C(=O)C2(C)CCN2C(=O)c2csc3ccccc23)cc1. The van der Waals surface area contributed by atoms with Gasteiger partial charge in [0.05, 0.1) is 5.56 Å². The lowest BCUT2D eigenvalue weighted by Gasteiger charge is -2.51. The van der Waals surface area contributed by atoms with Crippen LogP contribution in [0, 0.1) is 6.92 Å². The van der Waals surface area contributed by atoms with Crippen molar-refractivity contribution in [1.82, 2.24) is 9.80 Å². The quantitative estimate of drug-likeness (QED) is 0.524. The topological polar surface area (TPSA) is 77.9 Å². The fourth-order valence-electron chi connectivity index (χ4n) is 4.32. The molecule has 1 aliphatic heterocycles. The number of aliphatic carboxylic acids is 1. The van der Waals surface area contributed by atoms with Crippen molar-refractivity contribution in [2.24, 2.45) is 0 Å². The number of nitrogens with zero attached hydrogens (tertiary/aromatic N) is 2. The van der Waals surface area contributed by atoms with Crippen LogP contribution in [0.25, 0.3) is 10.1 Å². The zero-order valence-electron chi connectivity index (χ0n) is 18.9. The first kappa shape index (κ1) is 23.0. The molecule has 0 saturated carbocycles. The Balaban J connectivity index is 1.56. The van der Waals surface area contributed by atoms with Gasteiger partial charge in [0.1, 0.15) is 5.54 Å². The minimum atomic E-state index is -0.936. The van der Waals surface area contributed by atoms with Crippen LogP contribution in [0.15, 0.2) is 53.9 Å². The molecule has 0 aliphatic carbocycles. The van der Waals surface area contributed by atoms with Crippen LogP contribution in [0.5, 0.6) is 0 Å². The smallest absolute Gasteiger partial charge is 0.303 e. The van der Waals surface area contributed by atoms with Crippen LogP contribution in [-0.2, 0) is 16.1 Å². The van der Waals surface area contributed by atoms with Gasteiger partial charge in [0.2, 0.25) is 5.91 Å². The number of benzene rings is 2. The Morgan fingerprint density at radius 2 is 1.85 bits per heavy atom. The number of aryl methyl sites for hydroxylation is 1. The summed E-state index contributed by atoms with van der Waals surface area (Å²) in [4.78, 5) is 41.6. The highest BCUT2D eigenvalue weighted by Gasteiger charge is 2.51. The average molecular weight is 465 g/mol. The molecule has 7 heteroatoms. The van der Waals surface area contributed by atoms with Gasteiger partial charge in [-0.05, 0) is 38.3 Å². The summed E-state index contributed by atoms with van der Waals surface area (Å²) in [5.41, 5.74) is 1.81. The molecule has 33 heavy (non-hydrogen) atoms. The third kappa shape index (κ3) is 4.64. The predicted octanol–water partition coefficient (Wildman–Crippen LogP) is 4.71. The van der Waals surface area contributed by atoms with Crippen molar-refractivity contribution in [3.8, 4) is 0 Å². The maximum absolute atomic E-state index is 13.7. The molecule has 1 atom stereocenters. The third-order valence-corrected chi connectivity index (χ3v) is 7.40. The number of hydrogen-bond acceptors (Lipinski definition) is 4. The fourth-order valence-corrected chi connectivity index (χ4v) is 5.26. The van der Waals surface area contributed by atoms with E-state index in [1.807, 2.05) is 67.8 Å². The molecule has 1 saturated heterocycles. The van der Waals surface area contributed by atoms with Crippen LogP contribution in [-0.4, -0.2) is 51.3 Å². The van der Waals surface area contributed by atoms with Gasteiger partial charge in [-0.3, -0.25) is 14.4 Å². The molecule has 1 aromatic heterocycles. The van der Waals surface area contributed by atoms with Gasteiger partial charge in [0, 0.05) is 41.5 Å². The van der Waals surface area contributed by atoms with Crippen LogP contribution < -0.4 is 0 Å². The number of carbonyl (C=O) groups excluding carboxylic acids is 2. The second-order valence-electron chi connectivity index (χ2n) is 8.84. The van der Waals surface area contributed by atoms with Crippen molar-refractivity contribution in [1.29, 1.82) is 0 Å². The summed E-state index contributed by atoms with van der Waals surface area (Å²) in [5, 5.41) is 11.8. The Hall–Kier alpha value is -3.19. The number of carbonyl (C=O) groups is 3. The Bertz CT molecular complexity index is 1190. The second-order valence-corrected chi connectivity index (χ2v) is 9.75. The summed E-state index contributed by atoms with van der Waals surface area (Å²) in [6.45, 7) is 5.08. The Morgan fingerprint density at radius 1 is 1.12 bits per heavy atom. The third-order valence-electron chi connectivity index (χ3n) is 6.44. The van der Waals surface area contributed by atoms with Gasteiger partial charge in [0.15, 0.2) is 0 Å². The first-order chi connectivity index (χ1) is 15.8. The van der Waals surface area contributed by atoms with Crippen molar-refractivity contribution in [3.05, 3.63) is 70.6 Å². The van der Waals surface area contributed by atoms with E-state index in [0.717, 1.165) is 21.2 Å². The molecule has 1 N–H and O–H groups in total. The summed E-state index contributed by atoms with van der Waals surface area (Å²) < 4.78 is 1.05. The Labute approximate surface area is 197 Å². The molecule has 0 radical (unpaired) electrons. The monoisotopic (exact) mass is 464 g/mol. The summed E-state index contributed by atoms with van der Waals surface area (Å²) in [6, 6.07) is 15.8. The number of fused-ring (bicyclic) bond motifs is 1. The van der Waals surface area contributed by atoms with Crippen molar-refractivity contribution in [2.75, 3.05) is 13.1 Å². The van der Waals surface area contributed by atoms with E-state index in [2.05, 4.69) is 0 Å². The van der Waals surface area contributed by atoms with Crippen LogP contribution in [0.4, 0.5) is 0 Å². The molecule has 1 aliphatic rings. The molecule has 0 spiro atoms. The molecule has 2 aromatic carbocycles. The van der Waals surface area contributed by atoms with Crippen LogP contribution in [0.2, 0.25) is 0 Å². The highest BCUT2D eigenvalue weighted by molar-refractivity contribution is 7.17. The standard InChI is InChI=1S/C26H28N2O4S/c1-18-9-11-19(12-10-18)16-27(14-5-8-23(29)30)25(32)26(2)13-15-28(26)24(31)21-17-33-22-7-4-3-6-20(21)22/h3-4,6-7,9-12,17H,5,8,13-16H2,1-2H3,(H,29,30). The Morgan fingerprint density at radius 3 is 2.52 bits per heavy atom. The molecule has 6 nitrogen and oxygen atoms in total. The largest absolute Gasteiger partial charge is 0.481 e. The molecular formula is C26H28N2O4S. The van der Waals surface area contributed by atoms with Gasteiger partial charge < -0.3 is 14.9 Å². The molecule has 1 unspecified atom stereocenters. The minimum Gasteiger partial charge on any atom is -0.481 e. The van der Waals surface area contributed by atoms with Gasteiger partial charge in [-0.25, -0.2) is 0 Å². The Kier molecular flexibility index (Phi) is 6.51.